The second-order valence-electron chi connectivity index (χ2n) is 5.04. The number of hydrogen-bond donors (Lipinski definition) is 1. The third-order valence-corrected chi connectivity index (χ3v) is 3.42. The van der Waals surface area contributed by atoms with Gasteiger partial charge in [-0.25, -0.2) is 9.97 Å². The molecule has 0 spiro atoms. The Hall–Kier alpha value is -1.69. The van der Waals surface area contributed by atoms with Crippen molar-refractivity contribution in [2.45, 2.75) is 39.8 Å². The number of carbonyl (C=O) groups is 1. The highest BCUT2D eigenvalue weighted by molar-refractivity contribution is 5.97. The first-order valence-corrected chi connectivity index (χ1v) is 7.04. The van der Waals surface area contributed by atoms with E-state index >= 15 is 0 Å². The van der Waals surface area contributed by atoms with Gasteiger partial charge < -0.3 is 15.0 Å². The van der Waals surface area contributed by atoms with Crippen LogP contribution in [-0.4, -0.2) is 47.1 Å². The molecule has 1 aromatic heterocycles. The van der Waals surface area contributed by atoms with Crippen molar-refractivity contribution in [1.82, 2.24) is 14.9 Å². The molecule has 1 aromatic rings. The smallest absolute Gasteiger partial charge is 0.273 e. The molecular weight excluding hydrogens is 256 g/mol. The zero-order chi connectivity index (χ0) is 14.7. The molecule has 0 atom stereocenters. The lowest BCUT2D eigenvalue weighted by atomic mass is 10.1. The molecule has 1 N–H and O–H groups in total. The summed E-state index contributed by atoms with van der Waals surface area (Å²) < 4.78 is 5.39. The average molecular weight is 278 g/mol. The van der Waals surface area contributed by atoms with Crippen LogP contribution < -0.4 is 5.32 Å². The summed E-state index contributed by atoms with van der Waals surface area (Å²) in [7, 11) is 1.76. The molecule has 2 heterocycles. The maximum atomic E-state index is 12.4. The molecule has 1 aliphatic rings. The number of hydrogen-bond acceptors (Lipinski definition) is 5. The van der Waals surface area contributed by atoms with Gasteiger partial charge in [0.1, 0.15) is 5.69 Å². The highest BCUT2D eigenvalue weighted by atomic mass is 16.5. The summed E-state index contributed by atoms with van der Waals surface area (Å²) in [6.45, 7) is 7.87. The molecule has 0 aromatic carbocycles. The van der Waals surface area contributed by atoms with Gasteiger partial charge in [-0.1, -0.05) is 0 Å². The van der Waals surface area contributed by atoms with Crippen molar-refractivity contribution in [3.05, 3.63) is 17.0 Å². The molecule has 1 aliphatic heterocycles. The molecule has 6 heteroatoms. The van der Waals surface area contributed by atoms with Crippen molar-refractivity contribution < 1.29 is 9.53 Å². The zero-order valence-corrected chi connectivity index (χ0v) is 12.6. The predicted octanol–water partition coefficient (Wildman–Crippen LogP) is 1.46. The van der Waals surface area contributed by atoms with E-state index in [0.29, 0.717) is 37.8 Å². The molecule has 20 heavy (non-hydrogen) atoms. The van der Waals surface area contributed by atoms with E-state index in [0.717, 1.165) is 11.3 Å². The maximum absolute atomic E-state index is 12.4. The molecular formula is C14H22N4O2. The first-order valence-electron chi connectivity index (χ1n) is 7.04. The van der Waals surface area contributed by atoms with Crippen molar-refractivity contribution in [3.63, 3.8) is 0 Å². The normalized spacial score (nSPS) is 14.1. The van der Waals surface area contributed by atoms with Gasteiger partial charge in [-0.2, -0.15) is 0 Å². The van der Waals surface area contributed by atoms with Crippen LogP contribution in [0.4, 0.5) is 5.95 Å². The lowest BCUT2D eigenvalue weighted by Crippen LogP contribution is -2.31. The van der Waals surface area contributed by atoms with E-state index < -0.39 is 0 Å². The number of nitrogens with one attached hydrogen (secondary N) is 1. The number of nitrogens with zero attached hydrogens (tertiary/aromatic N) is 3. The Morgan fingerprint density at radius 1 is 1.40 bits per heavy atom. The summed E-state index contributed by atoms with van der Waals surface area (Å²) in [5.41, 5.74) is 2.39. The Bertz CT molecular complexity index is 502. The van der Waals surface area contributed by atoms with Gasteiger partial charge in [0, 0.05) is 31.7 Å². The predicted molar refractivity (Wildman–Crippen MR) is 76.8 cm³/mol. The van der Waals surface area contributed by atoms with E-state index in [1.165, 1.54) is 0 Å². The molecule has 0 aliphatic carbocycles. The zero-order valence-electron chi connectivity index (χ0n) is 12.6. The lowest BCUT2D eigenvalue weighted by Gasteiger charge is -2.19. The van der Waals surface area contributed by atoms with Gasteiger partial charge in [0.15, 0.2) is 0 Å². The van der Waals surface area contributed by atoms with Gasteiger partial charge >= 0.3 is 0 Å². The first kappa shape index (κ1) is 14.7. The molecule has 2 rings (SSSR count). The number of aromatic nitrogens is 2. The second-order valence-corrected chi connectivity index (χ2v) is 5.04. The van der Waals surface area contributed by atoms with E-state index in [2.05, 4.69) is 15.3 Å². The Morgan fingerprint density at radius 2 is 2.15 bits per heavy atom. The molecule has 0 saturated heterocycles. The molecule has 110 valence electrons. The third-order valence-electron chi connectivity index (χ3n) is 3.42. The van der Waals surface area contributed by atoms with Crippen molar-refractivity contribution in [1.29, 1.82) is 0 Å². The van der Waals surface area contributed by atoms with Gasteiger partial charge in [0.25, 0.3) is 5.91 Å². The van der Waals surface area contributed by atoms with E-state index in [1.54, 1.807) is 7.05 Å². The molecule has 0 bridgehead atoms. The van der Waals surface area contributed by atoms with Crippen LogP contribution in [0, 0.1) is 0 Å². The van der Waals surface area contributed by atoms with Crippen LogP contribution in [0.3, 0.4) is 0 Å². The average Bonchev–Trinajstić information content (AvgIpc) is 2.77. The number of fused-ring (bicyclic) bond motifs is 1. The highest BCUT2D eigenvalue weighted by Gasteiger charge is 2.33. The van der Waals surface area contributed by atoms with E-state index in [1.807, 2.05) is 25.7 Å². The van der Waals surface area contributed by atoms with Crippen LogP contribution in [0.5, 0.6) is 0 Å². The van der Waals surface area contributed by atoms with Crippen LogP contribution in [0.15, 0.2) is 0 Å². The SMILES string of the molecule is CCOCCc1nc(NC)nc2c1CN(C(C)C)C2=O. The largest absolute Gasteiger partial charge is 0.381 e. The summed E-state index contributed by atoms with van der Waals surface area (Å²) in [6.07, 6.45) is 0.701. The standard InChI is InChI=1S/C14H22N4O2/c1-5-20-7-6-11-10-8-18(9(2)3)13(19)12(10)17-14(15-4)16-11/h9H,5-8H2,1-4H3,(H,15,16,17). The quantitative estimate of drug-likeness (QED) is 0.798. The van der Waals surface area contributed by atoms with E-state index in [4.69, 9.17) is 4.74 Å². The summed E-state index contributed by atoms with van der Waals surface area (Å²) in [5, 5.41) is 2.92. The molecule has 0 unspecified atom stereocenters. The number of anilines is 1. The minimum absolute atomic E-state index is 0.00781. The molecule has 0 radical (unpaired) electrons. The van der Waals surface area contributed by atoms with Gasteiger partial charge in [-0.05, 0) is 20.8 Å². The van der Waals surface area contributed by atoms with E-state index in [-0.39, 0.29) is 11.9 Å². The van der Waals surface area contributed by atoms with Crippen LogP contribution in [0.1, 0.15) is 42.5 Å². The van der Waals surface area contributed by atoms with Gasteiger partial charge in [0.05, 0.1) is 18.8 Å². The van der Waals surface area contributed by atoms with Crippen molar-refractivity contribution in [2.24, 2.45) is 0 Å². The molecule has 0 fully saturated rings. The maximum Gasteiger partial charge on any atom is 0.273 e. The molecule has 1 amide bonds. The first-order chi connectivity index (χ1) is 9.58. The van der Waals surface area contributed by atoms with Crippen LogP contribution >= 0.6 is 0 Å². The van der Waals surface area contributed by atoms with Gasteiger partial charge in [-0.15, -0.1) is 0 Å². The highest BCUT2D eigenvalue weighted by Crippen LogP contribution is 2.26. The summed E-state index contributed by atoms with van der Waals surface area (Å²) in [4.78, 5) is 23.0. The number of ether oxygens (including phenoxy) is 1. The van der Waals surface area contributed by atoms with Gasteiger partial charge in [0.2, 0.25) is 5.95 Å². The Morgan fingerprint density at radius 3 is 2.75 bits per heavy atom. The van der Waals surface area contributed by atoms with Crippen LogP contribution in [0.25, 0.3) is 0 Å². The number of rotatable bonds is 6. The second kappa shape index (κ2) is 6.17. The summed E-state index contributed by atoms with van der Waals surface area (Å²) in [5.74, 6) is 0.487. The Kier molecular flexibility index (Phi) is 4.54. The minimum atomic E-state index is -0.00781. The monoisotopic (exact) mass is 278 g/mol. The van der Waals surface area contributed by atoms with Crippen LogP contribution in [0.2, 0.25) is 0 Å². The van der Waals surface area contributed by atoms with Crippen LogP contribution in [-0.2, 0) is 17.7 Å². The van der Waals surface area contributed by atoms with Crippen molar-refractivity contribution in [3.8, 4) is 0 Å². The van der Waals surface area contributed by atoms with E-state index in [9.17, 15) is 4.79 Å². The lowest BCUT2D eigenvalue weighted by molar-refractivity contribution is 0.0726. The fourth-order valence-corrected chi connectivity index (χ4v) is 2.30. The number of amides is 1. The summed E-state index contributed by atoms with van der Waals surface area (Å²) >= 11 is 0. The molecule has 6 nitrogen and oxygen atoms in total. The van der Waals surface area contributed by atoms with Gasteiger partial charge in [-0.3, -0.25) is 4.79 Å². The Balaban J connectivity index is 2.33. The van der Waals surface area contributed by atoms with Crippen molar-refractivity contribution >= 4 is 11.9 Å². The molecule has 0 saturated carbocycles. The fraction of sp³-hybridized carbons (Fsp3) is 0.643. The Labute approximate surface area is 119 Å². The summed E-state index contributed by atoms with van der Waals surface area (Å²) in [6, 6.07) is 0.162. The third kappa shape index (κ3) is 2.75. The number of carbonyl (C=O) groups excluding carboxylic acids is 1. The topological polar surface area (TPSA) is 67.3 Å². The fourth-order valence-electron chi connectivity index (χ4n) is 2.30. The van der Waals surface area contributed by atoms with Crippen molar-refractivity contribution in [2.75, 3.05) is 25.6 Å². The minimum Gasteiger partial charge on any atom is -0.381 e.